The van der Waals surface area contributed by atoms with Crippen LogP contribution in [0.1, 0.15) is 18.9 Å². The largest absolute Gasteiger partial charge is 0.465 e. The zero-order chi connectivity index (χ0) is 14.9. The SMILES string of the molecule is CCOC(=O)CNCCCNCc1ccc2c(c1)OCO2. The number of hydrogen-bond acceptors (Lipinski definition) is 6. The minimum absolute atomic E-state index is 0.203. The number of carbonyl (C=O) groups excluding carboxylic acids is 1. The first kappa shape index (κ1) is 15.6. The maximum atomic E-state index is 11.1. The molecule has 0 atom stereocenters. The van der Waals surface area contributed by atoms with E-state index in [0.717, 1.165) is 37.6 Å². The lowest BCUT2D eigenvalue weighted by molar-refractivity contribution is -0.141. The van der Waals surface area contributed by atoms with Crippen LogP contribution in [0.5, 0.6) is 11.5 Å². The predicted molar refractivity (Wildman–Crippen MR) is 78.4 cm³/mol. The molecule has 1 heterocycles. The van der Waals surface area contributed by atoms with Gasteiger partial charge in [-0.2, -0.15) is 0 Å². The van der Waals surface area contributed by atoms with Crippen molar-refractivity contribution in [3.8, 4) is 11.5 Å². The van der Waals surface area contributed by atoms with Crippen molar-refractivity contribution in [2.45, 2.75) is 19.9 Å². The third-order valence-electron chi connectivity index (χ3n) is 3.05. The van der Waals surface area contributed by atoms with E-state index >= 15 is 0 Å². The number of nitrogens with one attached hydrogen (secondary N) is 2. The van der Waals surface area contributed by atoms with Gasteiger partial charge in [0, 0.05) is 6.54 Å². The van der Waals surface area contributed by atoms with Crippen molar-refractivity contribution in [3.63, 3.8) is 0 Å². The standard InChI is InChI=1S/C15H22N2O4/c1-2-19-15(18)10-17-7-3-6-16-9-12-4-5-13-14(8-12)21-11-20-13/h4-5,8,16-17H,2-3,6-7,9-11H2,1H3. The Kier molecular flexibility index (Phi) is 6.30. The van der Waals surface area contributed by atoms with Gasteiger partial charge in [0.1, 0.15) is 0 Å². The van der Waals surface area contributed by atoms with Crippen molar-refractivity contribution in [1.82, 2.24) is 10.6 Å². The molecular formula is C15H22N2O4. The molecule has 2 rings (SSSR count). The zero-order valence-corrected chi connectivity index (χ0v) is 12.3. The average Bonchev–Trinajstić information content (AvgIpc) is 2.94. The van der Waals surface area contributed by atoms with Crippen molar-refractivity contribution in [3.05, 3.63) is 23.8 Å². The molecule has 0 unspecified atom stereocenters. The quantitative estimate of drug-likeness (QED) is 0.524. The molecule has 6 nitrogen and oxygen atoms in total. The van der Waals surface area contributed by atoms with Crippen LogP contribution >= 0.6 is 0 Å². The summed E-state index contributed by atoms with van der Waals surface area (Å²) in [5.74, 6) is 1.41. The van der Waals surface area contributed by atoms with Crippen molar-refractivity contribution in [2.24, 2.45) is 0 Å². The highest BCUT2D eigenvalue weighted by Crippen LogP contribution is 2.32. The van der Waals surface area contributed by atoms with Crippen LogP contribution in [0.2, 0.25) is 0 Å². The Morgan fingerprint density at radius 1 is 1.24 bits per heavy atom. The molecule has 0 amide bonds. The Bertz CT molecular complexity index is 465. The predicted octanol–water partition coefficient (Wildman–Crippen LogP) is 1.05. The minimum atomic E-state index is -0.203. The number of esters is 1. The van der Waals surface area contributed by atoms with Crippen LogP contribution in [-0.2, 0) is 16.1 Å². The zero-order valence-electron chi connectivity index (χ0n) is 12.3. The van der Waals surface area contributed by atoms with Crippen molar-refractivity contribution < 1.29 is 19.0 Å². The molecule has 1 aromatic carbocycles. The van der Waals surface area contributed by atoms with E-state index in [2.05, 4.69) is 10.6 Å². The summed E-state index contributed by atoms with van der Waals surface area (Å²) in [5, 5.41) is 6.41. The summed E-state index contributed by atoms with van der Waals surface area (Å²) in [6, 6.07) is 5.95. The molecule has 116 valence electrons. The molecule has 1 aliphatic heterocycles. The van der Waals surface area contributed by atoms with Gasteiger partial charge in [0.15, 0.2) is 11.5 Å². The molecular weight excluding hydrogens is 272 g/mol. The normalized spacial score (nSPS) is 12.4. The summed E-state index contributed by atoms with van der Waals surface area (Å²) in [6.45, 7) is 5.26. The smallest absolute Gasteiger partial charge is 0.319 e. The lowest BCUT2D eigenvalue weighted by Crippen LogP contribution is -2.27. The Balaban J connectivity index is 1.53. The number of fused-ring (bicyclic) bond motifs is 1. The molecule has 6 heteroatoms. The Morgan fingerprint density at radius 3 is 2.90 bits per heavy atom. The van der Waals surface area contributed by atoms with Gasteiger partial charge in [-0.3, -0.25) is 4.79 Å². The molecule has 0 aliphatic carbocycles. The van der Waals surface area contributed by atoms with Crippen molar-refractivity contribution in [2.75, 3.05) is 33.0 Å². The van der Waals surface area contributed by atoms with Crippen LogP contribution in [0.3, 0.4) is 0 Å². The second-order valence-corrected chi connectivity index (χ2v) is 4.70. The minimum Gasteiger partial charge on any atom is -0.465 e. The summed E-state index contributed by atoms with van der Waals surface area (Å²) >= 11 is 0. The maximum Gasteiger partial charge on any atom is 0.319 e. The van der Waals surface area contributed by atoms with E-state index in [1.807, 2.05) is 18.2 Å². The fourth-order valence-electron chi connectivity index (χ4n) is 2.02. The van der Waals surface area contributed by atoms with Crippen LogP contribution in [0.4, 0.5) is 0 Å². The molecule has 0 saturated carbocycles. The van der Waals surface area contributed by atoms with Gasteiger partial charge in [-0.15, -0.1) is 0 Å². The summed E-state index contributed by atoms with van der Waals surface area (Å²) in [5.41, 5.74) is 1.17. The molecule has 0 aromatic heterocycles. The fraction of sp³-hybridized carbons (Fsp3) is 0.533. The van der Waals surface area contributed by atoms with Crippen LogP contribution in [-0.4, -0.2) is 39.0 Å². The van der Waals surface area contributed by atoms with E-state index in [1.165, 1.54) is 5.56 Å². The van der Waals surface area contributed by atoms with Crippen molar-refractivity contribution in [1.29, 1.82) is 0 Å². The van der Waals surface area contributed by atoms with Crippen molar-refractivity contribution >= 4 is 5.97 Å². The second kappa shape index (κ2) is 8.49. The molecule has 21 heavy (non-hydrogen) atoms. The van der Waals surface area contributed by atoms with Crippen LogP contribution < -0.4 is 20.1 Å². The highest BCUT2D eigenvalue weighted by atomic mass is 16.7. The lowest BCUT2D eigenvalue weighted by atomic mass is 10.2. The summed E-state index contributed by atoms with van der Waals surface area (Å²) in [6.07, 6.45) is 0.948. The lowest BCUT2D eigenvalue weighted by Gasteiger charge is -2.07. The third-order valence-corrected chi connectivity index (χ3v) is 3.05. The number of carbonyl (C=O) groups is 1. The van der Waals surface area contributed by atoms with Gasteiger partial charge in [0.2, 0.25) is 6.79 Å². The van der Waals surface area contributed by atoms with E-state index in [4.69, 9.17) is 14.2 Å². The van der Waals surface area contributed by atoms with E-state index < -0.39 is 0 Å². The van der Waals surface area contributed by atoms with Crippen LogP contribution in [0.15, 0.2) is 18.2 Å². The maximum absolute atomic E-state index is 11.1. The molecule has 2 N–H and O–H groups in total. The Hall–Kier alpha value is -1.79. The number of rotatable bonds is 9. The first-order valence-electron chi connectivity index (χ1n) is 7.25. The average molecular weight is 294 g/mol. The number of benzene rings is 1. The Labute approximate surface area is 124 Å². The highest BCUT2D eigenvalue weighted by molar-refractivity contribution is 5.71. The molecule has 0 saturated heterocycles. The van der Waals surface area contributed by atoms with E-state index in [1.54, 1.807) is 6.92 Å². The van der Waals surface area contributed by atoms with E-state index in [-0.39, 0.29) is 12.5 Å². The molecule has 0 fully saturated rings. The summed E-state index contributed by atoms with van der Waals surface area (Å²) in [7, 11) is 0. The van der Waals surface area contributed by atoms with Gasteiger partial charge < -0.3 is 24.8 Å². The summed E-state index contributed by atoms with van der Waals surface area (Å²) in [4.78, 5) is 11.1. The van der Waals surface area contributed by atoms with Gasteiger partial charge in [-0.25, -0.2) is 0 Å². The highest BCUT2D eigenvalue weighted by Gasteiger charge is 2.12. The monoisotopic (exact) mass is 294 g/mol. The van der Waals surface area contributed by atoms with Crippen LogP contribution in [0, 0.1) is 0 Å². The summed E-state index contributed by atoms with van der Waals surface area (Å²) < 4.78 is 15.4. The van der Waals surface area contributed by atoms with E-state index in [0.29, 0.717) is 13.4 Å². The number of ether oxygens (including phenoxy) is 3. The van der Waals surface area contributed by atoms with Crippen LogP contribution in [0.25, 0.3) is 0 Å². The third kappa shape index (κ3) is 5.24. The van der Waals surface area contributed by atoms with Gasteiger partial charge >= 0.3 is 5.97 Å². The van der Waals surface area contributed by atoms with E-state index in [9.17, 15) is 4.79 Å². The number of hydrogen-bond donors (Lipinski definition) is 2. The molecule has 1 aliphatic rings. The molecule has 0 spiro atoms. The molecule has 0 radical (unpaired) electrons. The first-order chi connectivity index (χ1) is 10.3. The van der Waals surface area contributed by atoms with Gasteiger partial charge in [-0.05, 0) is 44.1 Å². The second-order valence-electron chi connectivity index (χ2n) is 4.70. The Morgan fingerprint density at radius 2 is 2.05 bits per heavy atom. The van der Waals surface area contributed by atoms with Gasteiger partial charge in [0.05, 0.1) is 13.2 Å². The fourth-order valence-corrected chi connectivity index (χ4v) is 2.02. The van der Waals surface area contributed by atoms with Gasteiger partial charge in [-0.1, -0.05) is 6.07 Å². The molecule has 0 bridgehead atoms. The first-order valence-corrected chi connectivity index (χ1v) is 7.25. The topological polar surface area (TPSA) is 68.8 Å². The van der Waals surface area contributed by atoms with Gasteiger partial charge in [0.25, 0.3) is 0 Å². The molecule has 1 aromatic rings.